The number of aromatic nitrogens is 1. The smallest absolute Gasteiger partial charge is 0.158 e. The van der Waals surface area contributed by atoms with Gasteiger partial charge in [-0.15, -0.1) is 11.8 Å². The fourth-order valence-electron chi connectivity index (χ4n) is 6.34. The molecule has 38 heavy (non-hydrogen) atoms. The molecule has 3 heteroatoms. The zero-order valence-corrected chi connectivity index (χ0v) is 22.9. The summed E-state index contributed by atoms with van der Waals surface area (Å²) in [6.07, 6.45) is 6.33. The summed E-state index contributed by atoms with van der Waals surface area (Å²) in [6.45, 7) is 11.2. The Morgan fingerprint density at radius 3 is 2.42 bits per heavy atom. The van der Waals surface area contributed by atoms with E-state index in [9.17, 15) is 0 Å². The molecule has 6 aromatic rings. The Balaban J connectivity index is 1.67. The Labute approximate surface area is 226 Å². The first-order valence-electron chi connectivity index (χ1n) is 13.0. The van der Waals surface area contributed by atoms with Crippen molar-refractivity contribution < 1.29 is 4.42 Å². The fraction of sp³-hybridized carbons (Fsp3) is 0.143. The van der Waals surface area contributed by atoms with Gasteiger partial charge in [0, 0.05) is 26.8 Å². The highest BCUT2D eigenvalue weighted by atomic mass is 32.2. The minimum absolute atomic E-state index is 0.0771. The average molecular weight is 512 g/mol. The molecule has 186 valence electrons. The number of hydrogen-bond acceptors (Lipinski definition) is 2. The summed E-state index contributed by atoms with van der Waals surface area (Å²) in [7, 11) is 0. The van der Waals surface area contributed by atoms with E-state index < -0.39 is 0 Å². The minimum Gasteiger partial charge on any atom is -0.453 e. The van der Waals surface area contributed by atoms with Crippen molar-refractivity contribution in [2.45, 2.75) is 31.1 Å². The third-order valence-electron chi connectivity index (χ3n) is 8.18. The summed E-state index contributed by atoms with van der Waals surface area (Å²) in [5, 5.41) is 4.47. The number of rotatable bonds is 3. The lowest BCUT2D eigenvalue weighted by atomic mass is 9.82. The van der Waals surface area contributed by atoms with E-state index in [2.05, 4.69) is 129 Å². The van der Waals surface area contributed by atoms with Gasteiger partial charge in [0.15, 0.2) is 5.42 Å². The molecule has 2 aromatic heterocycles. The van der Waals surface area contributed by atoms with Crippen LogP contribution in [0.3, 0.4) is 0 Å². The summed E-state index contributed by atoms with van der Waals surface area (Å²) in [6, 6.07) is 28.6. The maximum Gasteiger partial charge on any atom is 0.158 e. The van der Waals surface area contributed by atoms with E-state index in [-0.39, 0.29) is 5.41 Å². The van der Waals surface area contributed by atoms with Crippen LogP contribution in [0.4, 0.5) is 0 Å². The lowest BCUT2D eigenvalue weighted by Gasteiger charge is -2.21. The highest BCUT2D eigenvalue weighted by molar-refractivity contribution is 7.98. The SMILES string of the molecule is C=c1/c(=C(\C=C/C)n2c3ccccc3c3cc4c(cc32)C(C)(C)c2ccccc2-4)oc2c(SC)cccc12. The summed E-state index contributed by atoms with van der Waals surface area (Å²) in [5.41, 5.74) is 10.4. The van der Waals surface area contributed by atoms with Gasteiger partial charge in [0.2, 0.25) is 0 Å². The van der Waals surface area contributed by atoms with E-state index in [1.165, 1.54) is 38.5 Å². The molecule has 0 fully saturated rings. The zero-order chi connectivity index (χ0) is 26.2. The van der Waals surface area contributed by atoms with Gasteiger partial charge in [-0.1, -0.05) is 81.1 Å². The Kier molecular flexibility index (Phi) is 5.05. The maximum absolute atomic E-state index is 6.65. The molecule has 4 aromatic carbocycles. The molecule has 0 radical (unpaired) electrons. The molecular formula is C35H29NOS. The Bertz CT molecular complexity index is 2070. The summed E-state index contributed by atoms with van der Waals surface area (Å²) < 4.78 is 9.02. The van der Waals surface area contributed by atoms with E-state index in [1.807, 2.05) is 0 Å². The number of para-hydroxylation sites is 2. The number of benzene rings is 4. The van der Waals surface area contributed by atoms with Crippen molar-refractivity contribution in [3.63, 3.8) is 0 Å². The molecule has 0 atom stereocenters. The van der Waals surface area contributed by atoms with E-state index in [1.54, 1.807) is 11.8 Å². The number of fused-ring (bicyclic) bond motifs is 7. The van der Waals surface area contributed by atoms with Gasteiger partial charge in [-0.2, -0.15) is 0 Å². The second-order valence-electron chi connectivity index (χ2n) is 10.6. The van der Waals surface area contributed by atoms with Crippen LogP contribution in [0.15, 0.2) is 100 Å². The largest absolute Gasteiger partial charge is 0.453 e. The molecule has 0 aliphatic heterocycles. The van der Waals surface area contributed by atoms with Gasteiger partial charge < -0.3 is 8.98 Å². The quantitative estimate of drug-likeness (QED) is 0.223. The van der Waals surface area contributed by atoms with Gasteiger partial charge in [0.1, 0.15) is 5.58 Å². The van der Waals surface area contributed by atoms with Crippen molar-refractivity contribution in [3.05, 3.63) is 113 Å². The third kappa shape index (κ3) is 3.03. The summed E-state index contributed by atoms with van der Waals surface area (Å²) >= 11 is 1.70. The van der Waals surface area contributed by atoms with Crippen LogP contribution in [0.2, 0.25) is 0 Å². The number of allylic oxidation sites excluding steroid dienone is 2. The van der Waals surface area contributed by atoms with Crippen molar-refractivity contribution in [1.82, 2.24) is 4.57 Å². The van der Waals surface area contributed by atoms with Crippen LogP contribution in [0, 0.1) is 0 Å². The number of nitrogens with zero attached hydrogens (tertiary/aromatic N) is 1. The van der Waals surface area contributed by atoms with E-state index >= 15 is 0 Å². The highest BCUT2D eigenvalue weighted by Gasteiger charge is 2.36. The average Bonchev–Trinajstić information content (AvgIpc) is 3.52. The van der Waals surface area contributed by atoms with Crippen LogP contribution in [0.25, 0.3) is 56.2 Å². The second-order valence-corrected chi connectivity index (χ2v) is 11.4. The molecule has 1 aliphatic rings. The molecule has 0 unspecified atom stereocenters. The van der Waals surface area contributed by atoms with E-state index in [0.717, 1.165) is 37.7 Å². The van der Waals surface area contributed by atoms with Crippen LogP contribution in [-0.4, -0.2) is 10.8 Å². The molecule has 2 nitrogen and oxygen atoms in total. The molecule has 0 spiro atoms. The fourth-order valence-corrected chi connectivity index (χ4v) is 6.90. The first kappa shape index (κ1) is 23.2. The maximum atomic E-state index is 6.65. The predicted molar refractivity (Wildman–Crippen MR) is 163 cm³/mol. The van der Waals surface area contributed by atoms with Crippen LogP contribution < -0.4 is 10.6 Å². The van der Waals surface area contributed by atoms with Crippen LogP contribution >= 0.6 is 11.8 Å². The topological polar surface area (TPSA) is 18.1 Å². The molecule has 2 heterocycles. The lowest BCUT2D eigenvalue weighted by Crippen LogP contribution is -2.24. The normalized spacial score (nSPS) is 15.1. The third-order valence-corrected chi connectivity index (χ3v) is 8.94. The molecular weight excluding hydrogens is 482 g/mol. The van der Waals surface area contributed by atoms with Crippen molar-refractivity contribution in [2.75, 3.05) is 6.26 Å². The Morgan fingerprint density at radius 1 is 0.842 bits per heavy atom. The van der Waals surface area contributed by atoms with Gasteiger partial charge in [0.05, 0.1) is 21.6 Å². The summed E-state index contributed by atoms with van der Waals surface area (Å²) in [5.74, 6) is 0. The molecule has 0 bridgehead atoms. The van der Waals surface area contributed by atoms with Crippen molar-refractivity contribution in [1.29, 1.82) is 0 Å². The number of hydrogen-bond donors (Lipinski definition) is 0. The molecule has 7 rings (SSSR count). The van der Waals surface area contributed by atoms with Crippen LogP contribution in [-0.2, 0) is 5.41 Å². The Morgan fingerprint density at radius 2 is 1.61 bits per heavy atom. The van der Waals surface area contributed by atoms with Crippen LogP contribution in [0.1, 0.15) is 31.9 Å². The second kappa shape index (κ2) is 8.28. The van der Waals surface area contributed by atoms with Gasteiger partial charge in [-0.3, -0.25) is 0 Å². The van der Waals surface area contributed by atoms with Crippen molar-refractivity contribution in [2.24, 2.45) is 0 Å². The van der Waals surface area contributed by atoms with Gasteiger partial charge in [-0.25, -0.2) is 0 Å². The van der Waals surface area contributed by atoms with Crippen molar-refractivity contribution in [3.8, 4) is 11.1 Å². The summed E-state index contributed by atoms with van der Waals surface area (Å²) in [4.78, 5) is 1.12. The first-order valence-corrected chi connectivity index (χ1v) is 14.3. The van der Waals surface area contributed by atoms with Gasteiger partial charge in [-0.05, 0) is 65.8 Å². The molecule has 0 saturated heterocycles. The van der Waals surface area contributed by atoms with Crippen molar-refractivity contribution >= 4 is 56.8 Å². The predicted octanol–water partition coefficient (Wildman–Crippen LogP) is 8.21. The monoisotopic (exact) mass is 511 g/mol. The molecule has 0 saturated carbocycles. The number of furan rings is 1. The zero-order valence-electron chi connectivity index (χ0n) is 22.1. The Hall–Kier alpha value is -3.95. The highest BCUT2D eigenvalue weighted by Crippen LogP contribution is 2.50. The van der Waals surface area contributed by atoms with Gasteiger partial charge >= 0.3 is 0 Å². The standard InChI is InChI=1S/C35H29NOS/c1-6-12-30(33-21(2)22-15-11-18-32(38-5)34(22)37-33)36-29-17-10-8-14-24(29)26-19-25-23-13-7-9-16-27(23)35(3,4)28(25)20-31(26)36/h6-20H,2H2,1,3-5H3/b12-6-,33-30-. The van der Waals surface area contributed by atoms with Crippen LogP contribution in [0.5, 0.6) is 0 Å². The minimum atomic E-state index is -0.0771. The molecule has 0 N–H and O–H groups in total. The molecule has 0 amide bonds. The molecule has 1 aliphatic carbocycles. The number of thioether (sulfide) groups is 1. The van der Waals surface area contributed by atoms with Gasteiger partial charge in [0.25, 0.3) is 0 Å². The lowest BCUT2D eigenvalue weighted by molar-refractivity contribution is 0.564. The van der Waals surface area contributed by atoms with E-state index in [4.69, 9.17) is 4.42 Å². The first-order chi connectivity index (χ1) is 18.5. The van der Waals surface area contributed by atoms with E-state index in [0.29, 0.717) is 0 Å².